The molecule has 2 N–H and O–H groups in total. The molecule has 5 nitrogen and oxygen atoms in total. The van der Waals surface area contributed by atoms with Gasteiger partial charge in [0.25, 0.3) is 0 Å². The Bertz CT molecular complexity index is 442. The van der Waals surface area contributed by atoms with E-state index < -0.39 is 23.8 Å². The molecule has 2 amide bonds. The predicted octanol–water partition coefficient (Wildman–Crippen LogP) is 0.244. The number of Topliss-reactive ketones (excluding diaryl/α,β-unsaturated/α-hetero) is 1. The summed E-state index contributed by atoms with van der Waals surface area (Å²) in [6, 6.07) is -0.733. The van der Waals surface area contributed by atoms with Gasteiger partial charge in [0.2, 0.25) is 11.8 Å². The fourth-order valence-electron chi connectivity index (χ4n) is 2.70. The van der Waals surface area contributed by atoms with Crippen molar-refractivity contribution >= 4 is 17.6 Å². The van der Waals surface area contributed by atoms with Gasteiger partial charge in [0, 0.05) is 7.05 Å². The van der Waals surface area contributed by atoms with Crippen molar-refractivity contribution in [3.8, 4) is 0 Å². The van der Waals surface area contributed by atoms with Gasteiger partial charge in [-0.2, -0.15) is 0 Å². The summed E-state index contributed by atoms with van der Waals surface area (Å²) < 4.78 is 0. The molecule has 2 aliphatic rings. The Morgan fingerprint density at radius 3 is 2.56 bits per heavy atom. The Morgan fingerprint density at radius 2 is 2.11 bits per heavy atom. The van der Waals surface area contributed by atoms with E-state index in [0.29, 0.717) is 0 Å². The number of allylic oxidation sites excluding steroid dienone is 1. The molecule has 1 aliphatic heterocycles. The lowest BCUT2D eigenvalue weighted by Crippen LogP contribution is -2.41. The molecule has 1 aliphatic carbocycles. The standard InChI is InChI=1S/C13H18N2O3/c1-7-9(13(18)15(2)12(7)17)11(16)10(14)8-5-3-4-6-8/h5,7,9-10H,3-4,6,14H2,1-2H3/t7-,9+,10?/m0/s1. The van der Waals surface area contributed by atoms with Crippen molar-refractivity contribution < 1.29 is 14.4 Å². The average molecular weight is 250 g/mol. The van der Waals surface area contributed by atoms with Gasteiger partial charge >= 0.3 is 0 Å². The van der Waals surface area contributed by atoms with Gasteiger partial charge in [0.15, 0.2) is 5.78 Å². The normalized spacial score (nSPS) is 29.7. The topological polar surface area (TPSA) is 80.5 Å². The number of hydrogen-bond acceptors (Lipinski definition) is 4. The number of rotatable bonds is 3. The molecule has 0 aromatic carbocycles. The summed E-state index contributed by atoms with van der Waals surface area (Å²) >= 11 is 0. The number of amides is 2. The van der Waals surface area contributed by atoms with Crippen LogP contribution in [0.2, 0.25) is 0 Å². The van der Waals surface area contributed by atoms with E-state index in [2.05, 4.69) is 0 Å². The summed E-state index contributed by atoms with van der Waals surface area (Å²) in [5.41, 5.74) is 6.82. The number of imide groups is 1. The highest BCUT2D eigenvalue weighted by atomic mass is 16.2. The van der Waals surface area contributed by atoms with Crippen molar-refractivity contribution in [2.24, 2.45) is 17.6 Å². The number of carbonyl (C=O) groups excluding carboxylic acids is 3. The third-order valence-electron chi connectivity index (χ3n) is 3.91. The predicted molar refractivity (Wildman–Crippen MR) is 65.3 cm³/mol. The summed E-state index contributed by atoms with van der Waals surface area (Å²) in [6.07, 6.45) is 4.72. The van der Waals surface area contributed by atoms with Gasteiger partial charge < -0.3 is 5.73 Å². The Balaban J connectivity index is 2.18. The molecule has 1 unspecified atom stereocenters. The largest absolute Gasteiger partial charge is 0.318 e. The van der Waals surface area contributed by atoms with E-state index in [9.17, 15) is 14.4 Å². The van der Waals surface area contributed by atoms with E-state index in [1.54, 1.807) is 6.92 Å². The molecule has 0 aromatic rings. The SMILES string of the molecule is C[C@@H]1C(=O)N(C)C(=O)[C@H]1C(=O)C(N)C1=CCCC1. The molecule has 1 saturated heterocycles. The van der Waals surface area contributed by atoms with Crippen molar-refractivity contribution in [2.75, 3.05) is 7.05 Å². The van der Waals surface area contributed by atoms with Crippen LogP contribution in [0.15, 0.2) is 11.6 Å². The molecule has 98 valence electrons. The lowest BCUT2D eigenvalue weighted by Gasteiger charge is -2.17. The Labute approximate surface area is 106 Å². The summed E-state index contributed by atoms with van der Waals surface area (Å²) in [4.78, 5) is 36.9. The number of ketones is 1. The molecule has 3 atom stereocenters. The van der Waals surface area contributed by atoms with E-state index in [-0.39, 0.29) is 11.7 Å². The van der Waals surface area contributed by atoms with Crippen LogP contribution in [0.1, 0.15) is 26.2 Å². The number of nitrogens with two attached hydrogens (primary N) is 1. The lowest BCUT2D eigenvalue weighted by molar-refractivity contribution is -0.139. The first-order chi connectivity index (χ1) is 8.45. The molecule has 2 rings (SSSR count). The molecule has 0 aromatic heterocycles. The second kappa shape index (κ2) is 4.65. The molecule has 0 spiro atoms. The molecule has 5 heteroatoms. The van der Waals surface area contributed by atoms with Crippen molar-refractivity contribution in [2.45, 2.75) is 32.2 Å². The highest BCUT2D eigenvalue weighted by Gasteiger charge is 2.48. The maximum atomic E-state index is 12.3. The lowest BCUT2D eigenvalue weighted by atomic mass is 9.86. The minimum atomic E-state index is -0.904. The van der Waals surface area contributed by atoms with E-state index in [0.717, 1.165) is 29.7 Å². The first-order valence-electron chi connectivity index (χ1n) is 6.24. The second-order valence-corrected chi connectivity index (χ2v) is 5.05. The van der Waals surface area contributed by atoms with Gasteiger partial charge in [0.1, 0.15) is 5.92 Å². The Morgan fingerprint density at radius 1 is 1.44 bits per heavy atom. The highest BCUT2D eigenvalue weighted by Crippen LogP contribution is 2.29. The Kier molecular flexibility index (Phi) is 3.34. The van der Waals surface area contributed by atoms with E-state index >= 15 is 0 Å². The fourth-order valence-corrected chi connectivity index (χ4v) is 2.70. The maximum absolute atomic E-state index is 12.3. The fraction of sp³-hybridized carbons (Fsp3) is 0.615. The minimum Gasteiger partial charge on any atom is -0.318 e. The van der Waals surface area contributed by atoms with Crippen molar-refractivity contribution in [1.82, 2.24) is 4.90 Å². The molecule has 1 heterocycles. The zero-order chi connectivity index (χ0) is 13.4. The van der Waals surface area contributed by atoms with Crippen LogP contribution < -0.4 is 5.73 Å². The van der Waals surface area contributed by atoms with Crippen LogP contribution in [0.3, 0.4) is 0 Å². The summed E-state index contributed by atoms with van der Waals surface area (Å²) in [5, 5.41) is 0. The zero-order valence-corrected chi connectivity index (χ0v) is 10.7. The van der Waals surface area contributed by atoms with Crippen LogP contribution in [0.25, 0.3) is 0 Å². The molecule has 1 fully saturated rings. The molecule has 0 radical (unpaired) electrons. The van der Waals surface area contributed by atoms with Gasteiger partial charge in [0.05, 0.1) is 12.0 Å². The minimum absolute atomic E-state index is 0.300. The van der Waals surface area contributed by atoms with Gasteiger partial charge in [-0.15, -0.1) is 0 Å². The molecular weight excluding hydrogens is 232 g/mol. The number of likely N-dealkylation sites (tertiary alicyclic amines) is 1. The summed E-state index contributed by atoms with van der Waals surface area (Å²) in [7, 11) is 1.41. The Hall–Kier alpha value is -1.49. The van der Waals surface area contributed by atoms with Gasteiger partial charge in [-0.1, -0.05) is 18.6 Å². The first-order valence-corrected chi connectivity index (χ1v) is 6.24. The quantitative estimate of drug-likeness (QED) is 0.442. The number of hydrogen-bond donors (Lipinski definition) is 1. The van der Waals surface area contributed by atoms with Crippen molar-refractivity contribution in [3.05, 3.63) is 11.6 Å². The molecule has 0 bridgehead atoms. The molecule has 0 saturated carbocycles. The van der Waals surface area contributed by atoms with Crippen LogP contribution in [-0.2, 0) is 14.4 Å². The van der Waals surface area contributed by atoms with Crippen LogP contribution >= 0.6 is 0 Å². The number of nitrogens with zero attached hydrogens (tertiary/aromatic N) is 1. The van der Waals surface area contributed by atoms with Gasteiger partial charge in [-0.3, -0.25) is 19.3 Å². The van der Waals surface area contributed by atoms with Crippen LogP contribution in [0.4, 0.5) is 0 Å². The maximum Gasteiger partial charge on any atom is 0.240 e. The number of carbonyl (C=O) groups is 3. The summed E-state index contributed by atoms with van der Waals surface area (Å²) in [5.74, 6) is -2.54. The monoisotopic (exact) mass is 250 g/mol. The van der Waals surface area contributed by atoms with Crippen LogP contribution in [0.5, 0.6) is 0 Å². The third kappa shape index (κ3) is 1.88. The smallest absolute Gasteiger partial charge is 0.240 e. The van der Waals surface area contributed by atoms with Crippen LogP contribution in [-0.4, -0.2) is 35.6 Å². The summed E-state index contributed by atoms with van der Waals surface area (Å²) in [6.45, 7) is 1.61. The average Bonchev–Trinajstić information content (AvgIpc) is 2.94. The van der Waals surface area contributed by atoms with Crippen LogP contribution in [0, 0.1) is 11.8 Å². The molecule has 18 heavy (non-hydrogen) atoms. The van der Waals surface area contributed by atoms with E-state index in [1.807, 2.05) is 6.08 Å². The second-order valence-electron chi connectivity index (χ2n) is 5.05. The molecular formula is C13H18N2O3. The highest BCUT2D eigenvalue weighted by molar-refractivity contribution is 6.16. The van der Waals surface area contributed by atoms with Gasteiger partial charge in [-0.25, -0.2) is 0 Å². The zero-order valence-electron chi connectivity index (χ0n) is 10.7. The first kappa shape index (κ1) is 13.0. The third-order valence-corrected chi connectivity index (χ3v) is 3.91. The van der Waals surface area contributed by atoms with Gasteiger partial charge in [-0.05, 0) is 19.3 Å². The van der Waals surface area contributed by atoms with E-state index in [4.69, 9.17) is 5.73 Å². The van der Waals surface area contributed by atoms with Crippen molar-refractivity contribution in [1.29, 1.82) is 0 Å². The van der Waals surface area contributed by atoms with E-state index in [1.165, 1.54) is 7.05 Å². The van der Waals surface area contributed by atoms with Crippen molar-refractivity contribution in [3.63, 3.8) is 0 Å².